The standard InChI is InChI=1S/C13H22N2OS/c1-15(12-7-3-2-4-8-12)13(16)11-17-10-6-5-9-14/h12H,2-8,10-11H2,1H3. The van der Waals surface area contributed by atoms with Gasteiger partial charge in [0.1, 0.15) is 0 Å². The van der Waals surface area contributed by atoms with Crippen LogP contribution in [0.2, 0.25) is 0 Å². The lowest BCUT2D eigenvalue weighted by atomic mass is 9.94. The Balaban J connectivity index is 2.15. The highest BCUT2D eigenvalue weighted by Crippen LogP contribution is 2.22. The van der Waals surface area contributed by atoms with Crippen molar-refractivity contribution in [2.75, 3.05) is 18.6 Å². The quantitative estimate of drug-likeness (QED) is 0.685. The second-order valence-electron chi connectivity index (χ2n) is 4.61. The molecular weight excluding hydrogens is 232 g/mol. The number of carbonyl (C=O) groups excluding carboxylic acids is 1. The Hall–Kier alpha value is -0.690. The molecule has 4 heteroatoms. The van der Waals surface area contributed by atoms with Gasteiger partial charge in [0.2, 0.25) is 5.91 Å². The van der Waals surface area contributed by atoms with Crippen molar-refractivity contribution in [2.24, 2.45) is 0 Å². The highest BCUT2D eigenvalue weighted by Gasteiger charge is 2.21. The van der Waals surface area contributed by atoms with E-state index in [0.717, 1.165) is 12.2 Å². The number of hydrogen-bond donors (Lipinski definition) is 0. The predicted octanol–water partition coefficient (Wildman–Crippen LogP) is 2.81. The first-order valence-corrected chi connectivity index (χ1v) is 7.61. The van der Waals surface area contributed by atoms with Crippen LogP contribution in [0.15, 0.2) is 0 Å². The molecule has 0 aromatic carbocycles. The second kappa shape index (κ2) is 8.41. The van der Waals surface area contributed by atoms with Gasteiger partial charge in [-0.1, -0.05) is 19.3 Å². The molecule has 0 aromatic rings. The molecule has 0 saturated heterocycles. The Bertz CT molecular complexity index is 269. The predicted molar refractivity (Wildman–Crippen MR) is 71.8 cm³/mol. The van der Waals surface area contributed by atoms with Crippen molar-refractivity contribution in [3.05, 3.63) is 0 Å². The number of rotatable bonds is 6. The fraction of sp³-hybridized carbons (Fsp3) is 0.846. The molecule has 1 saturated carbocycles. The van der Waals surface area contributed by atoms with E-state index >= 15 is 0 Å². The Morgan fingerprint density at radius 3 is 2.76 bits per heavy atom. The Morgan fingerprint density at radius 2 is 2.12 bits per heavy atom. The van der Waals surface area contributed by atoms with Crippen molar-refractivity contribution in [3.63, 3.8) is 0 Å². The van der Waals surface area contributed by atoms with Gasteiger partial charge in [0.25, 0.3) is 0 Å². The van der Waals surface area contributed by atoms with Crippen molar-refractivity contribution in [2.45, 2.75) is 51.0 Å². The van der Waals surface area contributed by atoms with E-state index in [4.69, 9.17) is 5.26 Å². The minimum Gasteiger partial charge on any atom is -0.342 e. The maximum Gasteiger partial charge on any atom is 0.232 e. The summed E-state index contributed by atoms with van der Waals surface area (Å²) in [6.45, 7) is 0. The number of nitriles is 1. The number of unbranched alkanes of at least 4 members (excludes halogenated alkanes) is 1. The second-order valence-corrected chi connectivity index (χ2v) is 5.72. The smallest absolute Gasteiger partial charge is 0.232 e. The molecule has 0 radical (unpaired) electrons. The van der Waals surface area contributed by atoms with Crippen LogP contribution >= 0.6 is 11.8 Å². The first-order chi connectivity index (χ1) is 8.25. The van der Waals surface area contributed by atoms with Crippen LogP contribution in [0.1, 0.15) is 44.9 Å². The molecule has 0 heterocycles. The third kappa shape index (κ3) is 5.45. The molecule has 1 aliphatic rings. The van der Waals surface area contributed by atoms with Crippen molar-refractivity contribution >= 4 is 17.7 Å². The van der Waals surface area contributed by atoms with Crippen LogP contribution in [0.3, 0.4) is 0 Å². The molecule has 1 aliphatic carbocycles. The highest BCUT2D eigenvalue weighted by molar-refractivity contribution is 7.99. The SMILES string of the molecule is CN(C(=O)CSCCCC#N)C1CCCCC1. The van der Waals surface area contributed by atoms with Crippen LogP contribution in [0.5, 0.6) is 0 Å². The molecule has 0 aliphatic heterocycles. The molecule has 1 rings (SSSR count). The molecular formula is C13H22N2OS. The minimum atomic E-state index is 0.249. The largest absolute Gasteiger partial charge is 0.342 e. The third-order valence-corrected chi connectivity index (χ3v) is 4.35. The summed E-state index contributed by atoms with van der Waals surface area (Å²) in [6.07, 6.45) is 7.67. The molecule has 0 N–H and O–H groups in total. The van der Waals surface area contributed by atoms with E-state index in [1.165, 1.54) is 32.1 Å². The highest BCUT2D eigenvalue weighted by atomic mass is 32.2. The minimum absolute atomic E-state index is 0.249. The van der Waals surface area contributed by atoms with E-state index in [0.29, 0.717) is 18.2 Å². The van der Waals surface area contributed by atoms with Gasteiger partial charge in [0.05, 0.1) is 11.8 Å². The van der Waals surface area contributed by atoms with Crippen molar-refractivity contribution < 1.29 is 4.79 Å². The molecule has 3 nitrogen and oxygen atoms in total. The summed E-state index contributed by atoms with van der Waals surface area (Å²) in [5.41, 5.74) is 0. The van der Waals surface area contributed by atoms with Gasteiger partial charge in [-0.05, 0) is 25.0 Å². The van der Waals surface area contributed by atoms with E-state index < -0.39 is 0 Å². The summed E-state index contributed by atoms with van der Waals surface area (Å²) >= 11 is 1.65. The van der Waals surface area contributed by atoms with Crippen LogP contribution in [-0.4, -0.2) is 35.4 Å². The van der Waals surface area contributed by atoms with Gasteiger partial charge >= 0.3 is 0 Å². The normalized spacial score (nSPS) is 16.5. The maximum absolute atomic E-state index is 11.9. The average molecular weight is 254 g/mol. The van der Waals surface area contributed by atoms with E-state index in [-0.39, 0.29) is 5.91 Å². The summed E-state index contributed by atoms with van der Waals surface area (Å²) in [6, 6.07) is 2.59. The van der Waals surface area contributed by atoms with Gasteiger partial charge in [-0.25, -0.2) is 0 Å². The van der Waals surface area contributed by atoms with E-state index in [9.17, 15) is 4.79 Å². The lowest BCUT2D eigenvalue weighted by Crippen LogP contribution is -2.39. The fourth-order valence-corrected chi connectivity index (χ4v) is 3.06. The molecule has 0 atom stereocenters. The van der Waals surface area contributed by atoms with Gasteiger partial charge in [-0.15, -0.1) is 0 Å². The van der Waals surface area contributed by atoms with Gasteiger partial charge < -0.3 is 4.90 Å². The Kier molecular flexibility index (Phi) is 7.11. The first-order valence-electron chi connectivity index (χ1n) is 6.46. The number of nitrogens with zero attached hydrogens (tertiary/aromatic N) is 2. The molecule has 0 bridgehead atoms. The van der Waals surface area contributed by atoms with E-state index in [1.807, 2.05) is 11.9 Å². The van der Waals surface area contributed by atoms with E-state index in [2.05, 4.69) is 6.07 Å². The van der Waals surface area contributed by atoms with Gasteiger partial charge in [-0.3, -0.25) is 4.79 Å². The molecule has 1 amide bonds. The first kappa shape index (κ1) is 14.4. The summed E-state index contributed by atoms with van der Waals surface area (Å²) in [5, 5.41) is 8.40. The number of carbonyl (C=O) groups is 1. The molecule has 0 aromatic heterocycles. The molecule has 17 heavy (non-hydrogen) atoms. The Morgan fingerprint density at radius 1 is 1.41 bits per heavy atom. The van der Waals surface area contributed by atoms with Crippen LogP contribution < -0.4 is 0 Å². The lowest BCUT2D eigenvalue weighted by molar-refractivity contribution is -0.129. The van der Waals surface area contributed by atoms with Crippen LogP contribution in [-0.2, 0) is 4.79 Å². The lowest BCUT2D eigenvalue weighted by Gasteiger charge is -2.31. The summed E-state index contributed by atoms with van der Waals surface area (Å²) in [5.74, 6) is 1.73. The third-order valence-electron chi connectivity index (χ3n) is 3.32. The van der Waals surface area contributed by atoms with Crippen LogP contribution in [0.25, 0.3) is 0 Å². The van der Waals surface area contributed by atoms with Gasteiger partial charge in [-0.2, -0.15) is 17.0 Å². The van der Waals surface area contributed by atoms with Gasteiger partial charge in [0.15, 0.2) is 0 Å². The molecule has 0 spiro atoms. The maximum atomic E-state index is 11.9. The van der Waals surface area contributed by atoms with E-state index in [1.54, 1.807) is 11.8 Å². The molecule has 1 fully saturated rings. The zero-order chi connectivity index (χ0) is 12.5. The summed E-state index contributed by atoms with van der Waals surface area (Å²) in [4.78, 5) is 13.9. The van der Waals surface area contributed by atoms with Crippen molar-refractivity contribution in [1.82, 2.24) is 4.90 Å². The number of thioether (sulfide) groups is 1. The number of hydrogen-bond acceptors (Lipinski definition) is 3. The van der Waals surface area contributed by atoms with Crippen molar-refractivity contribution in [1.29, 1.82) is 5.26 Å². The summed E-state index contributed by atoms with van der Waals surface area (Å²) < 4.78 is 0. The van der Waals surface area contributed by atoms with Crippen LogP contribution in [0.4, 0.5) is 0 Å². The average Bonchev–Trinajstić information content (AvgIpc) is 2.38. The molecule has 0 unspecified atom stereocenters. The number of amides is 1. The van der Waals surface area contributed by atoms with Crippen molar-refractivity contribution in [3.8, 4) is 6.07 Å². The molecule has 96 valence electrons. The topological polar surface area (TPSA) is 44.1 Å². The zero-order valence-electron chi connectivity index (χ0n) is 10.7. The fourth-order valence-electron chi connectivity index (χ4n) is 2.19. The summed E-state index contributed by atoms with van der Waals surface area (Å²) in [7, 11) is 1.94. The monoisotopic (exact) mass is 254 g/mol. The zero-order valence-corrected chi connectivity index (χ0v) is 11.5. The Labute approximate surface area is 109 Å². The van der Waals surface area contributed by atoms with Gasteiger partial charge in [0, 0.05) is 19.5 Å². The van der Waals surface area contributed by atoms with Crippen LogP contribution in [0, 0.1) is 11.3 Å².